The minimum atomic E-state index is -0.412. The molecule has 37 heavy (non-hydrogen) atoms. The van der Waals surface area contributed by atoms with Gasteiger partial charge in [-0.1, -0.05) is 43.0 Å². The van der Waals surface area contributed by atoms with Gasteiger partial charge in [-0.3, -0.25) is 14.6 Å². The van der Waals surface area contributed by atoms with Crippen LogP contribution in [0.15, 0.2) is 67.5 Å². The third-order valence-corrected chi connectivity index (χ3v) is 5.96. The largest absolute Gasteiger partial charge is 0.490 e. The molecule has 1 saturated heterocycles. The van der Waals surface area contributed by atoms with Crippen LogP contribution in [0.2, 0.25) is 0 Å². The van der Waals surface area contributed by atoms with Gasteiger partial charge in [0.05, 0.1) is 32.0 Å². The van der Waals surface area contributed by atoms with Crippen molar-refractivity contribution in [3.8, 4) is 11.5 Å². The number of primary amides is 1. The summed E-state index contributed by atoms with van der Waals surface area (Å²) >= 11 is 0. The second-order valence-electron chi connectivity index (χ2n) is 8.74. The molecule has 1 unspecified atom stereocenters. The Balaban J connectivity index is 1.39. The second kappa shape index (κ2) is 12.0. The van der Waals surface area contributed by atoms with Crippen LogP contribution in [0.3, 0.4) is 0 Å². The maximum Gasteiger partial charge on any atom is 0.256 e. The fourth-order valence-corrected chi connectivity index (χ4v) is 4.16. The standard InChI is InChI=1S/C28H31N5O4/c1-3-36-23-8-4-5-9-24(23)37-22-7-6-14-33(18-22)27-17-30-16-26(31-27)32-28(35)19(2)21-12-10-20(11-13-21)15-25(29)34/h4-5,8-13,16-17,22H,2-3,6-7,14-15,18H2,1H3,(H2,29,34)(H,31,32,35). The molecule has 9 nitrogen and oxygen atoms in total. The molecular formula is C28H31N5O4. The molecule has 9 heteroatoms. The molecule has 0 aliphatic carbocycles. The van der Waals surface area contributed by atoms with Crippen molar-refractivity contribution in [2.45, 2.75) is 32.3 Å². The molecule has 2 aromatic carbocycles. The Labute approximate surface area is 216 Å². The van der Waals surface area contributed by atoms with Crippen molar-refractivity contribution >= 4 is 29.0 Å². The molecule has 1 fully saturated rings. The van der Waals surface area contributed by atoms with Crippen LogP contribution in [-0.2, 0) is 16.0 Å². The molecule has 3 aromatic rings. The van der Waals surface area contributed by atoms with Crippen LogP contribution in [0.25, 0.3) is 5.57 Å². The number of anilines is 2. The first-order valence-corrected chi connectivity index (χ1v) is 12.3. The van der Waals surface area contributed by atoms with Gasteiger partial charge in [-0.25, -0.2) is 4.98 Å². The van der Waals surface area contributed by atoms with Crippen LogP contribution >= 0.6 is 0 Å². The quantitative estimate of drug-likeness (QED) is 0.407. The maximum absolute atomic E-state index is 12.8. The van der Waals surface area contributed by atoms with Gasteiger partial charge in [-0.2, -0.15) is 0 Å². The van der Waals surface area contributed by atoms with Crippen molar-refractivity contribution in [3.05, 3.63) is 78.6 Å². The molecule has 2 amide bonds. The predicted molar refractivity (Wildman–Crippen MR) is 143 cm³/mol. The monoisotopic (exact) mass is 501 g/mol. The van der Waals surface area contributed by atoms with Gasteiger partial charge in [0, 0.05) is 12.1 Å². The summed E-state index contributed by atoms with van der Waals surface area (Å²) in [5.74, 6) is 1.65. The fourth-order valence-electron chi connectivity index (χ4n) is 4.16. The van der Waals surface area contributed by atoms with E-state index in [1.54, 1.807) is 30.5 Å². The van der Waals surface area contributed by atoms with Crippen LogP contribution in [0.1, 0.15) is 30.9 Å². The zero-order chi connectivity index (χ0) is 26.2. The molecule has 192 valence electrons. The van der Waals surface area contributed by atoms with Crippen molar-refractivity contribution in [2.24, 2.45) is 5.73 Å². The van der Waals surface area contributed by atoms with Crippen LogP contribution in [0, 0.1) is 0 Å². The Morgan fingerprint density at radius 3 is 2.62 bits per heavy atom. The Morgan fingerprint density at radius 2 is 1.89 bits per heavy atom. The number of benzene rings is 2. The van der Waals surface area contributed by atoms with Crippen molar-refractivity contribution in [2.75, 3.05) is 29.9 Å². The minimum absolute atomic E-state index is 0.0345. The molecule has 1 atom stereocenters. The summed E-state index contributed by atoms with van der Waals surface area (Å²) in [4.78, 5) is 34.9. The molecule has 2 heterocycles. The highest BCUT2D eigenvalue weighted by Gasteiger charge is 2.24. The number of carbonyl (C=O) groups is 2. The van der Waals surface area contributed by atoms with Gasteiger partial charge in [0.25, 0.3) is 5.91 Å². The number of para-hydroxylation sites is 2. The lowest BCUT2D eigenvalue weighted by molar-refractivity contribution is -0.117. The molecule has 0 radical (unpaired) electrons. The maximum atomic E-state index is 12.8. The average Bonchev–Trinajstić information content (AvgIpc) is 2.90. The highest BCUT2D eigenvalue weighted by Crippen LogP contribution is 2.30. The van der Waals surface area contributed by atoms with Crippen molar-refractivity contribution in [1.29, 1.82) is 0 Å². The number of nitrogens with two attached hydrogens (primary N) is 1. The number of nitrogens with zero attached hydrogens (tertiary/aromatic N) is 3. The predicted octanol–water partition coefficient (Wildman–Crippen LogP) is 3.60. The third-order valence-electron chi connectivity index (χ3n) is 5.96. The Kier molecular flexibility index (Phi) is 8.35. The van der Waals surface area contributed by atoms with E-state index in [9.17, 15) is 9.59 Å². The van der Waals surface area contributed by atoms with Gasteiger partial charge >= 0.3 is 0 Å². The first-order valence-electron chi connectivity index (χ1n) is 12.3. The van der Waals surface area contributed by atoms with Crippen LogP contribution < -0.4 is 25.4 Å². The highest BCUT2D eigenvalue weighted by molar-refractivity contribution is 6.24. The van der Waals surface area contributed by atoms with E-state index in [0.29, 0.717) is 30.4 Å². The summed E-state index contributed by atoms with van der Waals surface area (Å²) in [5.41, 5.74) is 6.92. The van der Waals surface area contributed by atoms with E-state index in [-0.39, 0.29) is 24.0 Å². The molecule has 0 bridgehead atoms. The lowest BCUT2D eigenvalue weighted by atomic mass is 10.0. The molecular weight excluding hydrogens is 470 g/mol. The van der Waals surface area contributed by atoms with Crippen LogP contribution in [0.5, 0.6) is 11.5 Å². The number of hydrogen-bond donors (Lipinski definition) is 2. The van der Waals surface area contributed by atoms with E-state index < -0.39 is 5.91 Å². The van der Waals surface area contributed by atoms with Crippen LogP contribution in [-0.4, -0.2) is 47.6 Å². The average molecular weight is 502 g/mol. The minimum Gasteiger partial charge on any atom is -0.490 e. The van der Waals surface area contributed by atoms with E-state index >= 15 is 0 Å². The molecule has 0 spiro atoms. The lowest BCUT2D eigenvalue weighted by Crippen LogP contribution is -2.41. The number of rotatable bonds is 10. The zero-order valence-corrected chi connectivity index (χ0v) is 20.9. The summed E-state index contributed by atoms with van der Waals surface area (Å²) in [6.07, 6.45) is 5.14. The number of carbonyl (C=O) groups excluding carboxylic acids is 2. The van der Waals surface area contributed by atoms with Gasteiger partial charge in [0.2, 0.25) is 5.91 Å². The second-order valence-corrected chi connectivity index (χ2v) is 8.74. The van der Waals surface area contributed by atoms with E-state index in [0.717, 1.165) is 36.4 Å². The number of ether oxygens (including phenoxy) is 2. The summed E-state index contributed by atoms with van der Waals surface area (Å²) in [6.45, 7) is 7.86. The summed E-state index contributed by atoms with van der Waals surface area (Å²) in [5, 5.41) is 2.78. The Morgan fingerprint density at radius 1 is 1.14 bits per heavy atom. The molecule has 4 rings (SSSR count). The number of nitrogens with one attached hydrogen (secondary N) is 1. The van der Waals surface area contributed by atoms with E-state index in [2.05, 4.69) is 26.8 Å². The SMILES string of the molecule is C=C(C(=O)Nc1cncc(N2CCCC(Oc3ccccc3OCC)C2)n1)c1ccc(CC(N)=O)cc1. The fraction of sp³-hybridized carbons (Fsp3) is 0.286. The van der Waals surface area contributed by atoms with Crippen molar-refractivity contribution in [3.63, 3.8) is 0 Å². The van der Waals surface area contributed by atoms with Crippen molar-refractivity contribution in [1.82, 2.24) is 9.97 Å². The van der Waals surface area contributed by atoms with E-state index in [1.165, 1.54) is 6.20 Å². The Hall–Kier alpha value is -4.40. The summed E-state index contributed by atoms with van der Waals surface area (Å²) in [7, 11) is 0. The molecule has 1 aliphatic rings. The topological polar surface area (TPSA) is 120 Å². The normalized spacial score (nSPS) is 15.1. The molecule has 3 N–H and O–H groups in total. The lowest BCUT2D eigenvalue weighted by Gasteiger charge is -2.33. The van der Waals surface area contributed by atoms with Gasteiger partial charge < -0.3 is 25.4 Å². The highest BCUT2D eigenvalue weighted by atomic mass is 16.5. The molecule has 1 aliphatic heterocycles. The van der Waals surface area contributed by atoms with Gasteiger partial charge in [0.15, 0.2) is 17.3 Å². The first-order chi connectivity index (χ1) is 17.9. The first kappa shape index (κ1) is 25.7. The smallest absolute Gasteiger partial charge is 0.256 e. The van der Waals surface area contributed by atoms with Gasteiger partial charge in [-0.15, -0.1) is 0 Å². The third kappa shape index (κ3) is 6.84. The zero-order valence-electron chi connectivity index (χ0n) is 20.9. The Bertz CT molecular complexity index is 1260. The van der Waals surface area contributed by atoms with Crippen LogP contribution in [0.4, 0.5) is 11.6 Å². The molecule has 0 saturated carbocycles. The van der Waals surface area contributed by atoms with E-state index in [1.807, 2.05) is 31.2 Å². The van der Waals surface area contributed by atoms with Gasteiger partial charge in [0.1, 0.15) is 11.9 Å². The number of amides is 2. The number of piperidine rings is 1. The van der Waals surface area contributed by atoms with Gasteiger partial charge in [-0.05, 0) is 43.0 Å². The van der Waals surface area contributed by atoms with E-state index in [4.69, 9.17) is 15.2 Å². The molecule has 1 aromatic heterocycles. The van der Waals surface area contributed by atoms with Crippen molar-refractivity contribution < 1.29 is 19.1 Å². The number of aromatic nitrogens is 2. The number of hydrogen-bond acceptors (Lipinski definition) is 7. The summed E-state index contributed by atoms with van der Waals surface area (Å²) in [6, 6.07) is 14.6. The summed E-state index contributed by atoms with van der Waals surface area (Å²) < 4.78 is 12.0.